The van der Waals surface area contributed by atoms with Crippen molar-refractivity contribution in [3.8, 4) is 0 Å². The number of carbonyl (C=O) groups is 1. The molecular formula is C12H16ClNO3. The molecule has 0 heterocycles. The third-order valence-corrected chi connectivity index (χ3v) is 2.55. The molecule has 2 N–H and O–H groups in total. The number of hydrogen-bond acceptors (Lipinski definition) is 4. The van der Waals surface area contributed by atoms with Gasteiger partial charge in [-0.25, -0.2) is 4.79 Å². The fraction of sp³-hybridized carbons (Fsp3) is 0.417. The average molecular weight is 258 g/mol. The van der Waals surface area contributed by atoms with E-state index < -0.39 is 0 Å². The van der Waals surface area contributed by atoms with Crippen molar-refractivity contribution >= 4 is 23.3 Å². The van der Waals surface area contributed by atoms with Crippen LogP contribution in [0.4, 0.5) is 5.69 Å². The van der Waals surface area contributed by atoms with Gasteiger partial charge in [0.25, 0.3) is 0 Å². The quantitative estimate of drug-likeness (QED) is 0.603. The summed E-state index contributed by atoms with van der Waals surface area (Å²) in [6.07, 6.45) is 0. The normalized spacial score (nSPS) is 11.9. The minimum Gasteiger partial charge on any atom is -0.462 e. The van der Waals surface area contributed by atoms with Crippen LogP contribution in [0.5, 0.6) is 0 Å². The lowest BCUT2D eigenvalue weighted by molar-refractivity contribution is 0.0526. The van der Waals surface area contributed by atoms with E-state index in [1.807, 2.05) is 0 Å². The Balaban J connectivity index is 2.64. The minimum atomic E-state index is -0.338. The molecule has 1 aromatic rings. The molecule has 0 aliphatic heterocycles. The number of carbonyl (C=O) groups excluding carboxylic acids is 1. The van der Waals surface area contributed by atoms with E-state index in [-0.39, 0.29) is 18.6 Å². The molecule has 0 aromatic heterocycles. The highest BCUT2D eigenvalue weighted by Crippen LogP contribution is 2.12. The highest BCUT2D eigenvalue weighted by Gasteiger charge is 2.08. The zero-order valence-corrected chi connectivity index (χ0v) is 10.4. The van der Waals surface area contributed by atoms with Gasteiger partial charge in [0, 0.05) is 11.6 Å². The number of anilines is 1. The van der Waals surface area contributed by atoms with Crippen LogP contribution in [0, 0.1) is 0 Å². The number of aliphatic hydroxyl groups is 1. The van der Waals surface area contributed by atoms with Gasteiger partial charge in [-0.3, -0.25) is 0 Å². The molecule has 4 nitrogen and oxygen atoms in total. The van der Waals surface area contributed by atoms with E-state index in [1.54, 1.807) is 31.2 Å². The third-order valence-electron chi connectivity index (χ3n) is 2.17. The molecule has 17 heavy (non-hydrogen) atoms. The lowest BCUT2D eigenvalue weighted by Gasteiger charge is -2.14. The number of alkyl halides is 1. The Labute approximate surface area is 106 Å². The lowest BCUT2D eigenvalue weighted by atomic mass is 10.2. The van der Waals surface area contributed by atoms with Crippen molar-refractivity contribution in [2.24, 2.45) is 0 Å². The summed E-state index contributed by atoms with van der Waals surface area (Å²) in [6.45, 7) is 2.08. The fourth-order valence-electron chi connectivity index (χ4n) is 1.29. The highest BCUT2D eigenvalue weighted by atomic mass is 35.5. The molecule has 0 bridgehead atoms. The average Bonchev–Trinajstić information content (AvgIpc) is 2.37. The summed E-state index contributed by atoms with van der Waals surface area (Å²) < 4.78 is 4.87. The second kappa shape index (κ2) is 7.14. The molecule has 0 saturated heterocycles. The van der Waals surface area contributed by atoms with Crippen LogP contribution in [-0.2, 0) is 4.74 Å². The van der Waals surface area contributed by atoms with Crippen molar-refractivity contribution in [1.82, 2.24) is 0 Å². The smallest absolute Gasteiger partial charge is 0.338 e. The number of rotatable bonds is 6. The fourth-order valence-corrected chi connectivity index (χ4v) is 1.46. The molecule has 5 heteroatoms. The number of aliphatic hydroxyl groups excluding tert-OH is 1. The number of ether oxygens (including phenoxy) is 1. The van der Waals surface area contributed by atoms with Gasteiger partial charge < -0.3 is 15.2 Å². The molecular weight excluding hydrogens is 242 g/mol. The first-order chi connectivity index (χ1) is 8.21. The first-order valence-corrected chi connectivity index (χ1v) is 5.95. The molecule has 0 radical (unpaired) electrons. The van der Waals surface area contributed by atoms with E-state index in [0.29, 0.717) is 18.1 Å². The summed E-state index contributed by atoms with van der Waals surface area (Å²) in [5.41, 5.74) is 1.31. The van der Waals surface area contributed by atoms with Crippen LogP contribution in [0.3, 0.4) is 0 Å². The molecule has 0 aliphatic carbocycles. The van der Waals surface area contributed by atoms with Gasteiger partial charge in [-0.2, -0.15) is 0 Å². The number of benzene rings is 1. The zero-order valence-electron chi connectivity index (χ0n) is 9.65. The van der Waals surface area contributed by atoms with E-state index in [9.17, 15) is 4.79 Å². The third kappa shape index (κ3) is 4.24. The van der Waals surface area contributed by atoms with Crippen LogP contribution in [0.1, 0.15) is 17.3 Å². The van der Waals surface area contributed by atoms with Gasteiger partial charge in [-0.1, -0.05) is 0 Å². The molecule has 1 rings (SSSR count). The van der Waals surface area contributed by atoms with Crippen LogP contribution in [-0.4, -0.2) is 36.2 Å². The number of esters is 1. The summed E-state index contributed by atoms with van der Waals surface area (Å²) >= 11 is 5.64. The monoisotopic (exact) mass is 257 g/mol. The summed E-state index contributed by atoms with van der Waals surface area (Å²) in [5, 5.41) is 12.0. The maximum absolute atomic E-state index is 11.4. The number of halogens is 1. The first kappa shape index (κ1) is 13.8. The van der Waals surface area contributed by atoms with Crippen molar-refractivity contribution in [1.29, 1.82) is 0 Å². The van der Waals surface area contributed by atoms with Gasteiger partial charge in [-0.15, -0.1) is 11.6 Å². The van der Waals surface area contributed by atoms with Crippen molar-refractivity contribution in [3.63, 3.8) is 0 Å². The Morgan fingerprint density at radius 2 is 2.12 bits per heavy atom. The van der Waals surface area contributed by atoms with Gasteiger partial charge >= 0.3 is 5.97 Å². The molecule has 0 spiro atoms. The molecule has 0 aliphatic rings. The van der Waals surface area contributed by atoms with Crippen LogP contribution in [0.2, 0.25) is 0 Å². The largest absolute Gasteiger partial charge is 0.462 e. The van der Waals surface area contributed by atoms with E-state index in [4.69, 9.17) is 21.4 Å². The lowest BCUT2D eigenvalue weighted by Crippen LogP contribution is -2.25. The highest BCUT2D eigenvalue weighted by molar-refractivity contribution is 6.18. The Kier molecular flexibility index (Phi) is 5.80. The minimum absolute atomic E-state index is 0.0386. The maximum Gasteiger partial charge on any atom is 0.338 e. The Morgan fingerprint density at radius 1 is 1.47 bits per heavy atom. The SMILES string of the molecule is CCOC(=O)c1ccc(N[C@H](CO)CCl)cc1. The van der Waals surface area contributed by atoms with Crippen LogP contribution in [0.15, 0.2) is 24.3 Å². The van der Waals surface area contributed by atoms with E-state index in [1.165, 1.54) is 0 Å². The predicted molar refractivity (Wildman–Crippen MR) is 67.6 cm³/mol. The Hall–Kier alpha value is -1.26. The van der Waals surface area contributed by atoms with Gasteiger partial charge in [0.05, 0.1) is 24.8 Å². The number of nitrogens with one attached hydrogen (secondary N) is 1. The predicted octanol–water partition coefficient (Wildman–Crippen LogP) is 1.87. The van der Waals surface area contributed by atoms with Crippen molar-refractivity contribution in [2.45, 2.75) is 13.0 Å². The summed E-state index contributed by atoms with van der Waals surface area (Å²) in [7, 11) is 0. The summed E-state index contributed by atoms with van der Waals surface area (Å²) in [6, 6.07) is 6.65. The van der Waals surface area contributed by atoms with Crippen molar-refractivity contribution in [3.05, 3.63) is 29.8 Å². The standard InChI is InChI=1S/C12H16ClNO3/c1-2-17-12(16)9-3-5-10(6-4-9)14-11(7-13)8-15/h3-6,11,14-15H,2,7-8H2,1H3/t11-/m0/s1. The van der Waals surface area contributed by atoms with E-state index in [0.717, 1.165) is 5.69 Å². The maximum atomic E-state index is 11.4. The molecule has 0 amide bonds. The van der Waals surface area contributed by atoms with Gasteiger partial charge in [0.2, 0.25) is 0 Å². The van der Waals surface area contributed by atoms with Gasteiger partial charge in [0.1, 0.15) is 0 Å². The van der Waals surface area contributed by atoms with E-state index >= 15 is 0 Å². The van der Waals surface area contributed by atoms with Crippen molar-refractivity contribution in [2.75, 3.05) is 24.4 Å². The molecule has 0 fully saturated rings. The second-order valence-electron chi connectivity index (χ2n) is 3.48. The first-order valence-electron chi connectivity index (χ1n) is 5.41. The second-order valence-corrected chi connectivity index (χ2v) is 3.78. The molecule has 0 unspecified atom stereocenters. The summed E-state index contributed by atoms with van der Waals surface area (Å²) in [5.74, 6) is -0.0223. The van der Waals surface area contributed by atoms with E-state index in [2.05, 4.69) is 5.32 Å². The summed E-state index contributed by atoms with van der Waals surface area (Å²) in [4.78, 5) is 11.4. The Bertz CT molecular complexity index is 349. The molecule has 1 aromatic carbocycles. The van der Waals surface area contributed by atoms with Gasteiger partial charge in [0.15, 0.2) is 0 Å². The van der Waals surface area contributed by atoms with Crippen LogP contribution >= 0.6 is 11.6 Å². The van der Waals surface area contributed by atoms with Crippen LogP contribution < -0.4 is 5.32 Å². The zero-order chi connectivity index (χ0) is 12.7. The molecule has 1 atom stereocenters. The van der Waals surface area contributed by atoms with Crippen LogP contribution in [0.25, 0.3) is 0 Å². The topological polar surface area (TPSA) is 58.6 Å². The molecule has 0 saturated carbocycles. The van der Waals surface area contributed by atoms with Crippen molar-refractivity contribution < 1.29 is 14.6 Å². The number of hydrogen-bond donors (Lipinski definition) is 2. The Morgan fingerprint density at radius 3 is 2.59 bits per heavy atom. The van der Waals surface area contributed by atoms with Gasteiger partial charge in [-0.05, 0) is 31.2 Å². The molecule has 94 valence electrons.